The third-order valence-corrected chi connectivity index (χ3v) is 2.60. The van der Waals surface area contributed by atoms with E-state index in [2.05, 4.69) is 0 Å². The van der Waals surface area contributed by atoms with Gasteiger partial charge in [0, 0.05) is 16.5 Å². The number of carbonyl (C=O) groups is 1. The lowest BCUT2D eigenvalue weighted by Crippen LogP contribution is -2.27. The lowest BCUT2D eigenvalue weighted by atomic mass is 10.0. The first-order valence-electron chi connectivity index (χ1n) is 4.53. The monoisotopic (exact) mass is 203 g/mol. The van der Waals surface area contributed by atoms with Crippen molar-refractivity contribution >= 4 is 17.2 Å². The molecule has 0 atom stereocenters. The van der Waals surface area contributed by atoms with Crippen molar-refractivity contribution in [3.05, 3.63) is 39.9 Å². The molecule has 1 aromatic rings. The Hall–Kier alpha value is -1.97. The lowest BCUT2D eigenvalue weighted by Gasteiger charge is -1.97. The zero-order valence-electron chi connectivity index (χ0n) is 8.40. The van der Waals surface area contributed by atoms with Gasteiger partial charge in [-0.3, -0.25) is 0 Å². The molecule has 1 aliphatic heterocycles. The van der Waals surface area contributed by atoms with Gasteiger partial charge in [-0.25, -0.2) is 0 Å². The molecule has 0 N–H and O–H groups in total. The Labute approximate surface area is 86.4 Å². The van der Waals surface area contributed by atoms with Crippen LogP contribution in [0.1, 0.15) is 18.1 Å². The molecule has 0 radical (unpaired) electrons. The molecule has 4 heteroatoms. The van der Waals surface area contributed by atoms with E-state index in [4.69, 9.17) is 0 Å². The minimum Gasteiger partial charge on any atom is -0.539 e. The molecule has 0 aliphatic carbocycles. The van der Waals surface area contributed by atoms with Crippen LogP contribution >= 0.6 is 0 Å². The highest BCUT2D eigenvalue weighted by Crippen LogP contribution is 2.38. The molecular formula is C11H9NO3. The van der Waals surface area contributed by atoms with Crippen LogP contribution in [0, 0.1) is 11.8 Å². The summed E-state index contributed by atoms with van der Waals surface area (Å²) in [5.74, 6) is -1.43. The molecule has 4 nitrogen and oxygen atoms in total. The second-order valence-electron chi connectivity index (χ2n) is 3.52. The van der Waals surface area contributed by atoms with Crippen molar-refractivity contribution < 1.29 is 14.7 Å². The van der Waals surface area contributed by atoms with E-state index in [1.165, 1.54) is 0 Å². The van der Waals surface area contributed by atoms with E-state index in [0.717, 1.165) is 5.56 Å². The second kappa shape index (κ2) is 3.02. The third-order valence-electron chi connectivity index (χ3n) is 2.60. The highest BCUT2D eigenvalue weighted by atomic mass is 16.4. The van der Waals surface area contributed by atoms with Gasteiger partial charge in [-0.1, -0.05) is 12.1 Å². The summed E-state index contributed by atoms with van der Waals surface area (Å²) in [6.45, 7) is 3.46. The first-order valence-corrected chi connectivity index (χ1v) is 4.53. The van der Waals surface area contributed by atoms with Crippen molar-refractivity contribution in [1.82, 2.24) is 0 Å². The summed E-state index contributed by atoms with van der Waals surface area (Å²) in [7, 11) is 0. The number of nitrogens with zero attached hydrogens (tertiary/aromatic N) is 1. The molecule has 76 valence electrons. The zero-order chi connectivity index (χ0) is 11.2. The van der Waals surface area contributed by atoms with Crippen LogP contribution in [0.5, 0.6) is 0 Å². The highest BCUT2D eigenvalue weighted by Gasteiger charge is 2.37. The number of benzene rings is 1. The van der Waals surface area contributed by atoms with Crippen molar-refractivity contribution in [2.45, 2.75) is 13.8 Å². The molecule has 15 heavy (non-hydrogen) atoms. The predicted octanol–water partition coefficient (Wildman–Crippen LogP) is 0.900. The first kappa shape index (κ1) is 9.58. The van der Waals surface area contributed by atoms with Crippen LogP contribution in [0.15, 0.2) is 23.9 Å². The molecule has 0 saturated heterocycles. The molecule has 1 heterocycles. The molecule has 0 spiro atoms. The van der Waals surface area contributed by atoms with Crippen LogP contribution in [0.25, 0.3) is 5.57 Å². The Kier molecular flexibility index (Phi) is 1.93. The summed E-state index contributed by atoms with van der Waals surface area (Å²) >= 11 is 0. The van der Waals surface area contributed by atoms with E-state index in [0.29, 0.717) is 21.6 Å². The van der Waals surface area contributed by atoms with Crippen molar-refractivity contribution in [2.75, 3.05) is 0 Å². The molecule has 1 aromatic carbocycles. The standard InChI is InChI=1S/C11H9NO3/c1-6-4-3-5-8-9(6)7(2)10(11(13)14)12(8)15/h3-5H,1-2H3. The number of rotatable bonds is 1. The molecule has 0 bridgehead atoms. The Balaban J connectivity index is 2.76. The maximum absolute atomic E-state index is 11.6. The molecule has 0 amide bonds. The largest absolute Gasteiger partial charge is 0.539 e. The van der Waals surface area contributed by atoms with Gasteiger partial charge in [0.25, 0.3) is 11.4 Å². The predicted molar refractivity (Wildman–Crippen MR) is 52.1 cm³/mol. The van der Waals surface area contributed by atoms with Gasteiger partial charge in [0.2, 0.25) is 0 Å². The first-order chi connectivity index (χ1) is 7.04. The van der Waals surface area contributed by atoms with E-state index in [9.17, 15) is 14.8 Å². The Morgan fingerprint density at radius 1 is 1.33 bits per heavy atom. The maximum Gasteiger partial charge on any atom is 0.289 e. The van der Waals surface area contributed by atoms with Crippen LogP contribution in [0.4, 0.5) is 5.69 Å². The average molecular weight is 203 g/mol. The van der Waals surface area contributed by atoms with E-state index in [1.807, 2.05) is 13.0 Å². The highest BCUT2D eigenvalue weighted by molar-refractivity contribution is 5.96. The number of nitroso groups, excluding NO2 is 1. The number of hydrogen-bond acceptors (Lipinski definition) is 3. The SMILES string of the molecule is CC1=C(C(=O)[O-])[N+](=O)c2cccc(C)c21. The van der Waals surface area contributed by atoms with Gasteiger partial charge in [-0.2, -0.15) is 0 Å². The third kappa shape index (κ3) is 1.18. The van der Waals surface area contributed by atoms with Crippen molar-refractivity contribution in [3.63, 3.8) is 0 Å². The van der Waals surface area contributed by atoms with Gasteiger partial charge in [0.1, 0.15) is 5.97 Å². The maximum atomic E-state index is 11.6. The van der Waals surface area contributed by atoms with E-state index in [-0.39, 0.29) is 5.70 Å². The summed E-state index contributed by atoms with van der Waals surface area (Å²) in [6.07, 6.45) is 0. The summed E-state index contributed by atoms with van der Waals surface area (Å²) in [5, 5.41) is 10.8. The second-order valence-corrected chi connectivity index (χ2v) is 3.52. The van der Waals surface area contributed by atoms with Crippen molar-refractivity contribution in [1.29, 1.82) is 0 Å². The molecule has 0 saturated carbocycles. The van der Waals surface area contributed by atoms with E-state index in [1.54, 1.807) is 19.1 Å². The summed E-state index contributed by atoms with van der Waals surface area (Å²) in [6, 6.07) is 5.17. The molecule has 0 fully saturated rings. The smallest absolute Gasteiger partial charge is 0.289 e. The van der Waals surface area contributed by atoms with Crippen LogP contribution in [-0.2, 0) is 4.79 Å². The van der Waals surface area contributed by atoms with Gasteiger partial charge in [0.05, 0.1) is 10.3 Å². The quantitative estimate of drug-likeness (QED) is 0.637. The van der Waals surface area contributed by atoms with E-state index < -0.39 is 5.97 Å². The van der Waals surface area contributed by atoms with Crippen molar-refractivity contribution in [3.8, 4) is 0 Å². The van der Waals surface area contributed by atoms with Gasteiger partial charge in [-0.15, -0.1) is 0 Å². The van der Waals surface area contributed by atoms with Crippen LogP contribution in [0.3, 0.4) is 0 Å². The summed E-state index contributed by atoms with van der Waals surface area (Å²) in [5.41, 5.74) is 2.15. The molecule has 0 aromatic heterocycles. The van der Waals surface area contributed by atoms with Crippen LogP contribution < -0.4 is 5.11 Å². The number of fused-ring (bicyclic) bond motifs is 1. The fourth-order valence-corrected chi connectivity index (χ4v) is 1.94. The number of carbonyl (C=O) groups excluding carboxylic acids is 1. The molecular weight excluding hydrogens is 194 g/mol. The number of carboxylic acids is 1. The normalized spacial score (nSPS) is 14.4. The number of aliphatic carboxylic acids is 1. The molecule has 0 unspecified atom stereocenters. The van der Waals surface area contributed by atoms with Crippen LogP contribution in [0.2, 0.25) is 0 Å². The number of allylic oxidation sites excluding steroid dienone is 1. The van der Waals surface area contributed by atoms with Crippen molar-refractivity contribution in [2.24, 2.45) is 0 Å². The average Bonchev–Trinajstić information content (AvgIpc) is 2.40. The topological polar surface area (TPSA) is 60.2 Å². The summed E-state index contributed by atoms with van der Waals surface area (Å²) in [4.78, 5) is 22.4. The minimum absolute atomic E-state index is 0.292. The van der Waals surface area contributed by atoms with Crippen LogP contribution in [-0.4, -0.2) is 10.7 Å². The number of hydrogen-bond donors (Lipinski definition) is 0. The Morgan fingerprint density at radius 2 is 2.00 bits per heavy atom. The summed E-state index contributed by atoms with van der Waals surface area (Å²) < 4.78 is 0.424. The van der Waals surface area contributed by atoms with Gasteiger partial charge < -0.3 is 9.90 Å². The molecule has 2 rings (SSSR count). The fraction of sp³-hybridized carbons (Fsp3) is 0.182. The molecule has 1 aliphatic rings. The minimum atomic E-state index is -1.43. The lowest BCUT2D eigenvalue weighted by molar-refractivity contribution is -0.416. The Bertz CT molecular complexity index is 515. The number of carboxylic acid groups (broad SMARTS) is 1. The zero-order valence-corrected chi connectivity index (χ0v) is 8.40. The van der Waals surface area contributed by atoms with Gasteiger partial charge in [0.15, 0.2) is 0 Å². The Morgan fingerprint density at radius 3 is 2.53 bits per heavy atom. The fourth-order valence-electron chi connectivity index (χ4n) is 1.94. The number of aryl methyl sites for hydroxylation is 1. The van der Waals surface area contributed by atoms with Gasteiger partial charge >= 0.3 is 0 Å². The van der Waals surface area contributed by atoms with Gasteiger partial charge in [-0.05, 0) is 19.4 Å². The van der Waals surface area contributed by atoms with E-state index >= 15 is 0 Å².